The van der Waals surface area contributed by atoms with Crippen molar-refractivity contribution in [3.63, 3.8) is 0 Å². The van der Waals surface area contributed by atoms with E-state index in [-0.39, 0.29) is 5.91 Å². The molecule has 1 heterocycles. The van der Waals surface area contributed by atoms with Crippen LogP contribution in [0, 0.1) is 0 Å². The molecule has 0 aromatic rings. The molecule has 0 radical (unpaired) electrons. The van der Waals surface area contributed by atoms with Crippen molar-refractivity contribution >= 4 is 5.91 Å². The molecule has 2 aliphatic rings. The summed E-state index contributed by atoms with van der Waals surface area (Å²) in [5.41, 5.74) is 1.40. The highest BCUT2D eigenvalue weighted by molar-refractivity contribution is 5.78. The molecule has 2 rings (SSSR count). The summed E-state index contributed by atoms with van der Waals surface area (Å²) in [6, 6.07) is 0.330. The lowest BCUT2D eigenvalue weighted by Crippen LogP contribution is -2.51. The third-order valence-electron chi connectivity index (χ3n) is 3.14. The number of nitrogens with zero attached hydrogens (tertiary/aromatic N) is 2. The summed E-state index contributed by atoms with van der Waals surface area (Å²) in [5.74, 6) is 0.228. The van der Waals surface area contributed by atoms with Gasteiger partial charge in [-0.25, -0.2) is 0 Å². The minimum atomic E-state index is 0.228. The Morgan fingerprint density at radius 3 is 2.87 bits per heavy atom. The highest BCUT2D eigenvalue weighted by Gasteiger charge is 2.25. The number of likely N-dealkylation sites (N-methyl/N-ethyl adjacent to an activating group) is 1. The molecule has 1 aliphatic heterocycles. The first-order valence-electron chi connectivity index (χ1n) is 5.49. The van der Waals surface area contributed by atoms with Gasteiger partial charge < -0.3 is 4.90 Å². The number of carbonyl (C=O) groups is 1. The van der Waals surface area contributed by atoms with Crippen molar-refractivity contribution in [2.75, 3.05) is 26.7 Å². The van der Waals surface area contributed by atoms with Crippen LogP contribution < -0.4 is 0 Å². The van der Waals surface area contributed by atoms with Gasteiger partial charge >= 0.3 is 0 Å². The molecule has 0 aromatic heterocycles. The lowest BCUT2D eigenvalue weighted by Gasteiger charge is -2.36. The van der Waals surface area contributed by atoms with Gasteiger partial charge in [-0.1, -0.05) is 23.8 Å². The standard InChI is InChI=1S/C12H18N2O/c1-10-4-3-5-11(8-10)14-7-6-13(2)12(15)9-14/h3,5,8,11H,4,6-7,9H2,1-2H3. The molecule has 1 saturated heterocycles. The molecule has 82 valence electrons. The van der Waals surface area contributed by atoms with Gasteiger partial charge in [-0.15, -0.1) is 0 Å². The number of carbonyl (C=O) groups excluding carboxylic acids is 1. The maximum atomic E-state index is 11.6. The van der Waals surface area contributed by atoms with Crippen molar-refractivity contribution in [1.29, 1.82) is 0 Å². The van der Waals surface area contributed by atoms with Crippen LogP contribution in [0.1, 0.15) is 13.3 Å². The van der Waals surface area contributed by atoms with Gasteiger partial charge in [0.2, 0.25) is 5.91 Å². The van der Waals surface area contributed by atoms with Crippen LogP contribution >= 0.6 is 0 Å². The molecule has 0 bridgehead atoms. The van der Waals surface area contributed by atoms with E-state index >= 15 is 0 Å². The molecule has 3 heteroatoms. The Labute approximate surface area is 91.0 Å². The lowest BCUT2D eigenvalue weighted by molar-refractivity contribution is -0.134. The number of hydrogen-bond acceptors (Lipinski definition) is 2. The predicted molar refractivity (Wildman–Crippen MR) is 60.5 cm³/mol. The van der Waals surface area contributed by atoms with Crippen LogP contribution in [0.4, 0.5) is 0 Å². The van der Waals surface area contributed by atoms with Crippen LogP contribution in [0.2, 0.25) is 0 Å². The first-order chi connectivity index (χ1) is 7.16. The fraction of sp³-hybridized carbons (Fsp3) is 0.583. The minimum Gasteiger partial charge on any atom is -0.343 e. The summed E-state index contributed by atoms with van der Waals surface area (Å²) in [5, 5.41) is 0. The van der Waals surface area contributed by atoms with E-state index in [0.29, 0.717) is 12.6 Å². The van der Waals surface area contributed by atoms with Gasteiger partial charge in [-0.3, -0.25) is 9.69 Å². The second-order valence-corrected chi connectivity index (χ2v) is 4.42. The van der Waals surface area contributed by atoms with Gasteiger partial charge in [0, 0.05) is 26.2 Å². The Bertz CT molecular complexity index is 320. The van der Waals surface area contributed by atoms with E-state index in [1.165, 1.54) is 5.57 Å². The molecule has 1 unspecified atom stereocenters. The zero-order valence-corrected chi connectivity index (χ0v) is 9.44. The Morgan fingerprint density at radius 2 is 2.20 bits per heavy atom. The van der Waals surface area contributed by atoms with Gasteiger partial charge in [0.25, 0.3) is 0 Å². The van der Waals surface area contributed by atoms with E-state index in [9.17, 15) is 4.79 Å². The monoisotopic (exact) mass is 206 g/mol. The minimum absolute atomic E-state index is 0.228. The third-order valence-corrected chi connectivity index (χ3v) is 3.14. The first kappa shape index (κ1) is 10.4. The lowest BCUT2D eigenvalue weighted by atomic mass is 10.0. The fourth-order valence-corrected chi connectivity index (χ4v) is 2.07. The first-order valence-corrected chi connectivity index (χ1v) is 5.49. The summed E-state index contributed by atoms with van der Waals surface area (Å²) >= 11 is 0. The van der Waals surface area contributed by atoms with Gasteiger partial charge in [0.05, 0.1) is 6.54 Å². The average molecular weight is 206 g/mol. The average Bonchev–Trinajstić information content (AvgIpc) is 2.22. The van der Waals surface area contributed by atoms with E-state index in [1.807, 2.05) is 7.05 Å². The normalized spacial score (nSPS) is 28.1. The molecule has 0 N–H and O–H groups in total. The molecular weight excluding hydrogens is 188 g/mol. The number of amides is 1. The highest BCUT2D eigenvalue weighted by Crippen LogP contribution is 2.16. The van der Waals surface area contributed by atoms with Gasteiger partial charge in [0.1, 0.15) is 0 Å². The van der Waals surface area contributed by atoms with E-state index in [4.69, 9.17) is 0 Å². The largest absolute Gasteiger partial charge is 0.343 e. The number of allylic oxidation sites excluding steroid dienone is 2. The number of piperazine rings is 1. The second-order valence-electron chi connectivity index (χ2n) is 4.42. The van der Waals surface area contributed by atoms with Crippen molar-refractivity contribution in [1.82, 2.24) is 9.80 Å². The summed E-state index contributed by atoms with van der Waals surface area (Å²) in [4.78, 5) is 15.6. The summed E-state index contributed by atoms with van der Waals surface area (Å²) < 4.78 is 0. The second kappa shape index (κ2) is 4.19. The van der Waals surface area contributed by atoms with Gasteiger partial charge in [-0.2, -0.15) is 0 Å². The van der Waals surface area contributed by atoms with Crippen LogP contribution in [0.3, 0.4) is 0 Å². The molecular formula is C12H18N2O. The Hall–Kier alpha value is -1.09. The summed E-state index contributed by atoms with van der Waals surface area (Å²) in [7, 11) is 1.87. The van der Waals surface area contributed by atoms with Gasteiger partial charge in [-0.05, 0) is 13.3 Å². The molecule has 1 amide bonds. The third kappa shape index (κ3) is 2.29. The quantitative estimate of drug-likeness (QED) is 0.598. The molecule has 0 spiro atoms. The zero-order chi connectivity index (χ0) is 10.8. The van der Waals surface area contributed by atoms with Crippen LogP contribution in [0.15, 0.2) is 23.8 Å². The predicted octanol–water partition coefficient (Wildman–Crippen LogP) is 1.04. The Balaban J connectivity index is 2.02. The highest BCUT2D eigenvalue weighted by atomic mass is 16.2. The Morgan fingerprint density at radius 1 is 1.40 bits per heavy atom. The van der Waals surface area contributed by atoms with Crippen molar-refractivity contribution in [3.8, 4) is 0 Å². The van der Waals surface area contributed by atoms with Crippen LogP contribution in [-0.4, -0.2) is 48.4 Å². The Kier molecular flexibility index (Phi) is 2.91. The molecule has 0 aromatic carbocycles. The van der Waals surface area contributed by atoms with Crippen molar-refractivity contribution in [2.24, 2.45) is 0 Å². The van der Waals surface area contributed by atoms with Crippen molar-refractivity contribution in [3.05, 3.63) is 23.8 Å². The molecule has 0 saturated carbocycles. The van der Waals surface area contributed by atoms with Crippen LogP contribution in [0.25, 0.3) is 0 Å². The molecule has 15 heavy (non-hydrogen) atoms. The van der Waals surface area contributed by atoms with Crippen molar-refractivity contribution in [2.45, 2.75) is 19.4 Å². The summed E-state index contributed by atoms with van der Waals surface area (Å²) in [6.45, 7) is 4.51. The molecule has 3 nitrogen and oxygen atoms in total. The smallest absolute Gasteiger partial charge is 0.236 e. The maximum absolute atomic E-state index is 11.6. The molecule has 1 atom stereocenters. The number of hydrogen-bond donors (Lipinski definition) is 0. The topological polar surface area (TPSA) is 23.6 Å². The SMILES string of the molecule is CC1=CC(N2CCN(C)C(=O)C2)C=CC1. The van der Waals surface area contributed by atoms with Crippen molar-refractivity contribution < 1.29 is 4.79 Å². The number of rotatable bonds is 1. The zero-order valence-electron chi connectivity index (χ0n) is 9.44. The van der Waals surface area contributed by atoms with Crippen LogP contribution in [0.5, 0.6) is 0 Å². The van der Waals surface area contributed by atoms with Gasteiger partial charge in [0.15, 0.2) is 0 Å². The van der Waals surface area contributed by atoms with E-state index < -0.39 is 0 Å². The maximum Gasteiger partial charge on any atom is 0.236 e. The van der Waals surface area contributed by atoms with E-state index in [0.717, 1.165) is 19.5 Å². The van der Waals surface area contributed by atoms with E-state index in [2.05, 4.69) is 30.1 Å². The fourth-order valence-electron chi connectivity index (χ4n) is 2.07. The molecule has 1 aliphatic carbocycles. The molecule has 1 fully saturated rings. The van der Waals surface area contributed by atoms with E-state index in [1.54, 1.807) is 4.90 Å². The summed E-state index contributed by atoms with van der Waals surface area (Å²) in [6.07, 6.45) is 7.71. The van der Waals surface area contributed by atoms with Crippen LogP contribution in [-0.2, 0) is 4.79 Å².